The Labute approximate surface area is 130 Å². The monoisotopic (exact) mass is 303 g/mol. The average Bonchev–Trinajstić information content (AvgIpc) is 2.42. The zero-order chi connectivity index (χ0) is 14.5. The molecule has 0 heterocycles. The summed E-state index contributed by atoms with van der Waals surface area (Å²) in [5, 5.41) is 0. The van der Waals surface area contributed by atoms with Crippen LogP contribution in [-0.2, 0) is 6.54 Å². The lowest BCUT2D eigenvalue weighted by atomic mass is 10.2. The fourth-order valence-electron chi connectivity index (χ4n) is 2.17. The summed E-state index contributed by atoms with van der Waals surface area (Å²) < 4.78 is 0. The van der Waals surface area contributed by atoms with E-state index in [1.165, 1.54) is 31.4 Å². The Morgan fingerprint density at radius 2 is 1.75 bits per heavy atom. The largest absolute Gasteiger partial charge is 0.326 e. The number of benzene rings is 2. The average molecular weight is 303 g/mol. The third-order valence-electron chi connectivity index (χ3n) is 3.14. The number of thioether (sulfide) groups is 1. The summed E-state index contributed by atoms with van der Waals surface area (Å²) in [5.41, 5.74) is 9.87. The number of aryl methyl sites for hydroxylation is 2. The normalized spacial score (nSPS) is 10.8. The van der Waals surface area contributed by atoms with Crippen molar-refractivity contribution in [3.8, 4) is 0 Å². The van der Waals surface area contributed by atoms with Crippen LogP contribution < -0.4 is 5.73 Å². The highest BCUT2D eigenvalue weighted by Gasteiger charge is 2.09. The van der Waals surface area contributed by atoms with Crippen molar-refractivity contribution in [2.24, 2.45) is 5.73 Å². The van der Waals surface area contributed by atoms with Gasteiger partial charge in [0.05, 0.1) is 0 Å². The highest BCUT2D eigenvalue weighted by Crippen LogP contribution is 2.36. The predicted molar refractivity (Wildman–Crippen MR) is 90.8 cm³/mol. The minimum atomic E-state index is 0.594. The van der Waals surface area contributed by atoms with E-state index in [9.17, 15) is 0 Å². The van der Waals surface area contributed by atoms with Crippen LogP contribution >= 0.6 is 23.5 Å². The zero-order valence-corrected chi connectivity index (χ0v) is 13.9. The number of hydrogen-bond donors (Lipinski definition) is 1. The molecule has 0 aliphatic rings. The summed E-state index contributed by atoms with van der Waals surface area (Å²) in [6, 6.07) is 13.1. The van der Waals surface area contributed by atoms with Gasteiger partial charge < -0.3 is 5.73 Å². The van der Waals surface area contributed by atoms with Gasteiger partial charge in [-0.05, 0) is 48.9 Å². The van der Waals surface area contributed by atoms with Gasteiger partial charge in [0.25, 0.3) is 0 Å². The Balaban J connectivity index is 2.35. The van der Waals surface area contributed by atoms with Crippen molar-refractivity contribution in [3.05, 3.63) is 53.1 Å². The molecule has 0 saturated carbocycles. The fraction of sp³-hybridized carbons (Fsp3) is 0.294. The van der Waals surface area contributed by atoms with Gasteiger partial charge in [-0.1, -0.05) is 42.4 Å². The summed E-state index contributed by atoms with van der Waals surface area (Å²) in [6.07, 6.45) is 0. The lowest BCUT2D eigenvalue weighted by molar-refractivity contribution is 0.979. The second-order valence-electron chi connectivity index (χ2n) is 4.74. The van der Waals surface area contributed by atoms with Crippen molar-refractivity contribution >= 4 is 23.5 Å². The minimum Gasteiger partial charge on any atom is -0.326 e. The summed E-state index contributed by atoms with van der Waals surface area (Å²) in [7, 11) is 0. The molecule has 0 aliphatic heterocycles. The van der Waals surface area contributed by atoms with Gasteiger partial charge >= 0.3 is 0 Å². The topological polar surface area (TPSA) is 26.0 Å². The molecule has 1 nitrogen and oxygen atoms in total. The van der Waals surface area contributed by atoms with E-state index >= 15 is 0 Å². The maximum atomic E-state index is 5.97. The zero-order valence-electron chi connectivity index (χ0n) is 12.3. The Morgan fingerprint density at radius 3 is 2.40 bits per heavy atom. The Hall–Kier alpha value is -0.900. The second-order valence-corrected chi connectivity index (χ2v) is 7.13. The van der Waals surface area contributed by atoms with Crippen molar-refractivity contribution in [3.63, 3.8) is 0 Å². The summed E-state index contributed by atoms with van der Waals surface area (Å²) >= 11 is 3.69. The molecule has 2 rings (SSSR count). The third kappa shape index (κ3) is 3.60. The van der Waals surface area contributed by atoms with E-state index < -0.39 is 0 Å². The third-order valence-corrected chi connectivity index (χ3v) is 5.41. The summed E-state index contributed by atoms with van der Waals surface area (Å²) in [5.74, 6) is 1.07. The standard InChI is InChI=1S/C17H21NS2/c1-4-19-16-6-5-7-17(14(16)11-18)20-15-9-8-12(2)10-13(15)3/h5-10H,4,11,18H2,1-3H3. The van der Waals surface area contributed by atoms with Crippen LogP contribution in [0.15, 0.2) is 51.1 Å². The Bertz CT molecular complexity index is 594. The smallest absolute Gasteiger partial charge is 0.0200 e. The molecule has 0 spiro atoms. The van der Waals surface area contributed by atoms with Crippen LogP contribution in [0.3, 0.4) is 0 Å². The lowest BCUT2D eigenvalue weighted by Gasteiger charge is -2.13. The molecule has 0 fully saturated rings. The molecule has 20 heavy (non-hydrogen) atoms. The summed E-state index contributed by atoms with van der Waals surface area (Å²) in [4.78, 5) is 3.90. The van der Waals surface area contributed by atoms with E-state index in [-0.39, 0.29) is 0 Å². The van der Waals surface area contributed by atoms with E-state index in [2.05, 4.69) is 57.2 Å². The Morgan fingerprint density at radius 1 is 1.00 bits per heavy atom. The molecule has 106 valence electrons. The molecule has 0 amide bonds. The Kier molecular flexibility index (Phi) is 5.58. The predicted octanol–water partition coefficient (Wildman–Crippen LogP) is 5.03. The number of rotatable bonds is 5. The fourth-order valence-corrected chi connectivity index (χ4v) is 4.14. The van der Waals surface area contributed by atoms with Crippen LogP contribution in [0.2, 0.25) is 0 Å². The van der Waals surface area contributed by atoms with E-state index in [4.69, 9.17) is 5.73 Å². The van der Waals surface area contributed by atoms with Crippen LogP contribution in [0.4, 0.5) is 0 Å². The van der Waals surface area contributed by atoms with Crippen molar-refractivity contribution in [2.45, 2.75) is 42.0 Å². The molecule has 0 aromatic heterocycles. The first-order valence-electron chi connectivity index (χ1n) is 6.85. The van der Waals surface area contributed by atoms with Gasteiger partial charge in [-0.25, -0.2) is 0 Å². The van der Waals surface area contributed by atoms with Crippen LogP contribution in [0.25, 0.3) is 0 Å². The van der Waals surface area contributed by atoms with E-state index in [1.807, 2.05) is 23.5 Å². The molecule has 0 atom stereocenters. The van der Waals surface area contributed by atoms with Gasteiger partial charge in [-0.3, -0.25) is 0 Å². The first-order valence-corrected chi connectivity index (χ1v) is 8.65. The van der Waals surface area contributed by atoms with Gasteiger partial charge in [-0.15, -0.1) is 11.8 Å². The second kappa shape index (κ2) is 7.21. The highest BCUT2D eigenvalue weighted by molar-refractivity contribution is 8.00. The first-order chi connectivity index (χ1) is 9.65. The molecule has 0 bridgehead atoms. The maximum absolute atomic E-state index is 5.97. The van der Waals surface area contributed by atoms with Crippen LogP contribution in [0.1, 0.15) is 23.6 Å². The molecule has 0 unspecified atom stereocenters. The van der Waals surface area contributed by atoms with Crippen LogP contribution in [0.5, 0.6) is 0 Å². The minimum absolute atomic E-state index is 0.594. The lowest BCUT2D eigenvalue weighted by Crippen LogP contribution is -2.01. The molecular formula is C17H21NS2. The van der Waals surface area contributed by atoms with Gasteiger partial charge in [0, 0.05) is 21.2 Å². The molecule has 2 N–H and O–H groups in total. The van der Waals surface area contributed by atoms with Gasteiger partial charge in [-0.2, -0.15) is 0 Å². The molecular weight excluding hydrogens is 282 g/mol. The number of nitrogens with two attached hydrogens (primary N) is 1. The molecule has 0 aliphatic carbocycles. The SMILES string of the molecule is CCSc1cccc(Sc2ccc(C)cc2C)c1CN. The molecule has 2 aromatic rings. The summed E-state index contributed by atoms with van der Waals surface area (Å²) in [6.45, 7) is 7.07. The van der Waals surface area contributed by atoms with E-state index in [1.54, 1.807) is 0 Å². The molecule has 0 saturated heterocycles. The van der Waals surface area contributed by atoms with Crippen LogP contribution in [0, 0.1) is 13.8 Å². The maximum Gasteiger partial charge on any atom is 0.0200 e. The number of hydrogen-bond acceptors (Lipinski definition) is 3. The quantitative estimate of drug-likeness (QED) is 0.785. The van der Waals surface area contributed by atoms with Gasteiger partial charge in [0.15, 0.2) is 0 Å². The van der Waals surface area contributed by atoms with Crippen molar-refractivity contribution in [1.82, 2.24) is 0 Å². The molecule has 0 radical (unpaired) electrons. The van der Waals surface area contributed by atoms with Crippen molar-refractivity contribution in [2.75, 3.05) is 5.75 Å². The van der Waals surface area contributed by atoms with Crippen LogP contribution in [-0.4, -0.2) is 5.75 Å². The first kappa shape index (κ1) is 15.5. The van der Waals surface area contributed by atoms with Crippen molar-refractivity contribution in [1.29, 1.82) is 0 Å². The van der Waals surface area contributed by atoms with Gasteiger partial charge in [0.1, 0.15) is 0 Å². The highest BCUT2D eigenvalue weighted by atomic mass is 32.2. The molecule has 3 heteroatoms. The van der Waals surface area contributed by atoms with Crippen molar-refractivity contribution < 1.29 is 0 Å². The molecule has 2 aromatic carbocycles. The van der Waals surface area contributed by atoms with E-state index in [0.29, 0.717) is 6.54 Å². The van der Waals surface area contributed by atoms with Gasteiger partial charge in [0.2, 0.25) is 0 Å². The van der Waals surface area contributed by atoms with E-state index in [0.717, 1.165) is 5.75 Å².